The summed E-state index contributed by atoms with van der Waals surface area (Å²) in [6.07, 6.45) is 0.652. The van der Waals surface area contributed by atoms with E-state index in [1.807, 2.05) is 19.1 Å². The fourth-order valence-corrected chi connectivity index (χ4v) is 3.19. The zero-order chi connectivity index (χ0) is 14.8. The van der Waals surface area contributed by atoms with Gasteiger partial charge in [0, 0.05) is 4.90 Å². The normalized spacial score (nSPS) is 11.2. The molecule has 2 aromatic carbocycles. The van der Waals surface area contributed by atoms with Crippen molar-refractivity contribution in [3.8, 4) is 0 Å². The maximum Gasteiger partial charge on any atom is 0.171 e. The number of nitrogens with one attached hydrogen (secondary N) is 1. The Balaban J connectivity index is 1.94. The molecule has 1 heterocycles. The van der Waals surface area contributed by atoms with Gasteiger partial charge in [0.25, 0.3) is 0 Å². The second kappa shape index (κ2) is 5.87. The van der Waals surface area contributed by atoms with Gasteiger partial charge in [0.05, 0.1) is 11.0 Å². The summed E-state index contributed by atoms with van der Waals surface area (Å²) in [6.45, 7) is 2.54. The van der Waals surface area contributed by atoms with Crippen LogP contribution in [0.15, 0.2) is 46.5 Å². The molecule has 0 amide bonds. The average molecular weight is 301 g/mol. The fraction of sp³-hybridized carbons (Fsp3) is 0.188. The van der Waals surface area contributed by atoms with E-state index in [-0.39, 0.29) is 5.82 Å². The first-order chi connectivity index (χ1) is 10.2. The van der Waals surface area contributed by atoms with E-state index in [2.05, 4.69) is 16.0 Å². The number of aromatic nitrogens is 2. The lowest BCUT2D eigenvalue weighted by Gasteiger charge is -2.06. The van der Waals surface area contributed by atoms with E-state index < -0.39 is 0 Å². The van der Waals surface area contributed by atoms with E-state index >= 15 is 0 Å². The molecule has 0 unspecified atom stereocenters. The van der Waals surface area contributed by atoms with Crippen molar-refractivity contribution in [2.75, 3.05) is 6.54 Å². The second-order valence-electron chi connectivity index (χ2n) is 4.96. The lowest BCUT2D eigenvalue weighted by atomic mass is 10.1. The molecule has 0 aliphatic rings. The molecule has 1 aromatic heterocycles. The van der Waals surface area contributed by atoms with Gasteiger partial charge in [-0.05, 0) is 61.3 Å². The summed E-state index contributed by atoms with van der Waals surface area (Å²) in [6, 6.07) is 10.9. The first-order valence-corrected chi connectivity index (χ1v) is 7.60. The fourth-order valence-electron chi connectivity index (χ4n) is 2.25. The quantitative estimate of drug-likeness (QED) is 0.773. The number of H-pyrrole nitrogens is 1. The molecule has 0 aliphatic carbocycles. The highest BCUT2D eigenvalue weighted by molar-refractivity contribution is 7.99. The molecule has 3 N–H and O–H groups in total. The molecule has 108 valence electrons. The van der Waals surface area contributed by atoms with Gasteiger partial charge in [-0.15, -0.1) is 0 Å². The summed E-state index contributed by atoms with van der Waals surface area (Å²) < 4.78 is 13.3. The standard InChI is InChI=1S/C16H16FN3S/c1-10-2-4-13-14(8-10)20-16(19-13)21-15-5-3-12(17)9-11(15)6-7-18/h2-5,8-9H,6-7,18H2,1H3,(H,19,20). The molecule has 0 spiro atoms. The van der Waals surface area contributed by atoms with Crippen molar-refractivity contribution >= 4 is 22.8 Å². The van der Waals surface area contributed by atoms with Crippen molar-refractivity contribution in [1.29, 1.82) is 0 Å². The number of nitrogens with two attached hydrogens (primary N) is 1. The van der Waals surface area contributed by atoms with Crippen LogP contribution < -0.4 is 5.73 Å². The van der Waals surface area contributed by atoms with Crippen LogP contribution >= 0.6 is 11.8 Å². The SMILES string of the molecule is Cc1ccc2nc(Sc3ccc(F)cc3CCN)[nH]c2c1. The minimum Gasteiger partial charge on any atom is -0.333 e. The Morgan fingerprint density at radius 1 is 1.24 bits per heavy atom. The van der Waals surface area contributed by atoms with Gasteiger partial charge in [-0.2, -0.15) is 0 Å². The van der Waals surface area contributed by atoms with Gasteiger partial charge >= 0.3 is 0 Å². The number of aryl methyl sites for hydroxylation is 1. The van der Waals surface area contributed by atoms with Crippen LogP contribution in [0.3, 0.4) is 0 Å². The largest absolute Gasteiger partial charge is 0.333 e. The summed E-state index contributed by atoms with van der Waals surface area (Å²) in [5.41, 5.74) is 9.65. The molecule has 3 rings (SSSR count). The third-order valence-corrected chi connectivity index (χ3v) is 4.26. The highest BCUT2D eigenvalue weighted by atomic mass is 32.2. The molecule has 0 saturated heterocycles. The number of halogens is 1. The molecular formula is C16H16FN3S. The van der Waals surface area contributed by atoms with Crippen LogP contribution in [-0.2, 0) is 6.42 Å². The lowest BCUT2D eigenvalue weighted by Crippen LogP contribution is -2.04. The topological polar surface area (TPSA) is 54.7 Å². The zero-order valence-electron chi connectivity index (χ0n) is 11.7. The van der Waals surface area contributed by atoms with Crippen LogP contribution in [0.1, 0.15) is 11.1 Å². The number of imidazole rings is 1. The van der Waals surface area contributed by atoms with Crippen molar-refractivity contribution in [2.24, 2.45) is 5.73 Å². The van der Waals surface area contributed by atoms with Gasteiger partial charge < -0.3 is 10.7 Å². The predicted octanol–water partition coefficient (Wildman–Crippen LogP) is 3.66. The summed E-state index contributed by atoms with van der Waals surface area (Å²) >= 11 is 1.51. The van der Waals surface area contributed by atoms with Crippen molar-refractivity contribution in [2.45, 2.75) is 23.4 Å². The monoisotopic (exact) mass is 301 g/mol. The minimum absolute atomic E-state index is 0.233. The van der Waals surface area contributed by atoms with Gasteiger partial charge in [-0.25, -0.2) is 9.37 Å². The number of fused-ring (bicyclic) bond motifs is 1. The van der Waals surface area contributed by atoms with Gasteiger partial charge in [0.15, 0.2) is 5.16 Å². The summed E-state index contributed by atoms with van der Waals surface area (Å²) in [5.74, 6) is -0.233. The number of aromatic amines is 1. The van der Waals surface area contributed by atoms with E-state index in [0.717, 1.165) is 26.6 Å². The van der Waals surface area contributed by atoms with Crippen LogP contribution in [0.5, 0.6) is 0 Å². The molecule has 3 nitrogen and oxygen atoms in total. The molecule has 0 fully saturated rings. The zero-order valence-corrected chi connectivity index (χ0v) is 12.5. The van der Waals surface area contributed by atoms with Crippen LogP contribution in [0, 0.1) is 12.7 Å². The van der Waals surface area contributed by atoms with E-state index in [9.17, 15) is 4.39 Å². The van der Waals surface area contributed by atoms with Gasteiger partial charge in [-0.3, -0.25) is 0 Å². The highest BCUT2D eigenvalue weighted by Gasteiger charge is 2.09. The van der Waals surface area contributed by atoms with E-state index in [1.54, 1.807) is 12.1 Å². The Kier molecular flexibility index (Phi) is 3.94. The van der Waals surface area contributed by atoms with Crippen LogP contribution in [0.25, 0.3) is 11.0 Å². The van der Waals surface area contributed by atoms with E-state index in [4.69, 9.17) is 5.73 Å². The third kappa shape index (κ3) is 3.09. The van der Waals surface area contributed by atoms with Crippen LogP contribution in [0.4, 0.5) is 4.39 Å². The second-order valence-corrected chi connectivity index (χ2v) is 5.99. The predicted molar refractivity (Wildman–Crippen MR) is 84.1 cm³/mol. The maximum absolute atomic E-state index is 13.3. The molecule has 0 bridgehead atoms. The molecule has 3 aromatic rings. The lowest BCUT2D eigenvalue weighted by molar-refractivity contribution is 0.623. The molecule has 5 heteroatoms. The van der Waals surface area contributed by atoms with Crippen LogP contribution in [-0.4, -0.2) is 16.5 Å². The molecule has 0 saturated carbocycles. The first-order valence-electron chi connectivity index (χ1n) is 6.78. The van der Waals surface area contributed by atoms with Crippen molar-refractivity contribution in [1.82, 2.24) is 9.97 Å². The molecule has 21 heavy (non-hydrogen) atoms. The number of benzene rings is 2. The summed E-state index contributed by atoms with van der Waals surface area (Å²) in [4.78, 5) is 8.83. The van der Waals surface area contributed by atoms with Gasteiger partial charge in [0.2, 0.25) is 0 Å². The van der Waals surface area contributed by atoms with Crippen molar-refractivity contribution < 1.29 is 4.39 Å². The third-order valence-electron chi connectivity index (χ3n) is 3.26. The minimum atomic E-state index is -0.233. The molecule has 0 atom stereocenters. The van der Waals surface area contributed by atoms with Crippen LogP contribution in [0.2, 0.25) is 0 Å². The molecule has 0 aliphatic heterocycles. The Labute approximate surface area is 126 Å². The van der Waals surface area contributed by atoms with Crippen molar-refractivity contribution in [3.63, 3.8) is 0 Å². The maximum atomic E-state index is 13.3. The Bertz CT molecular complexity index is 782. The number of hydrogen-bond donors (Lipinski definition) is 2. The Hall–Kier alpha value is -1.85. The van der Waals surface area contributed by atoms with E-state index in [1.165, 1.54) is 23.4 Å². The molecular weight excluding hydrogens is 285 g/mol. The molecule has 0 radical (unpaired) electrons. The number of nitrogens with zero attached hydrogens (tertiary/aromatic N) is 1. The summed E-state index contributed by atoms with van der Waals surface area (Å²) in [7, 11) is 0. The summed E-state index contributed by atoms with van der Waals surface area (Å²) in [5, 5.41) is 0.806. The average Bonchev–Trinajstić information content (AvgIpc) is 2.83. The smallest absolute Gasteiger partial charge is 0.171 e. The highest BCUT2D eigenvalue weighted by Crippen LogP contribution is 2.30. The Morgan fingerprint density at radius 2 is 2.10 bits per heavy atom. The van der Waals surface area contributed by atoms with E-state index in [0.29, 0.717) is 13.0 Å². The number of rotatable bonds is 4. The first kappa shape index (κ1) is 14.1. The van der Waals surface area contributed by atoms with Crippen molar-refractivity contribution in [3.05, 3.63) is 53.3 Å². The van der Waals surface area contributed by atoms with Gasteiger partial charge in [-0.1, -0.05) is 17.8 Å². The number of hydrogen-bond acceptors (Lipinski definition) is 3. The Morgan fingerprint density at radius 3 is 2.90 bits per heavy atom. The van der Waals surface area contributed by atoms with Gasteiger partial charge in [0.1, 0.15) is 5.82 Å².